The summed E-state index contributed by atoms with van der Waals surface area (Å²) in [6.07, 6.45) is 8.30. The molecule has 0 amide bonds. The van der Waals surface area contributed by atoms with Crippen LogP contribution in [0.5, 0.6) is 11.5 Å². The Morgan fingerprint density at radius 3 is 2.66 bits per heavy atom. The van der Waals surface area contributed by atoms with Crippen LogP contribution < -0.4 is 9.47 Å². The van der Waals surface area contributed by atoms with Crippen LogP contribution in [0.15, 0.2) is 6.07 Å². The van der Waals surface area contributed by atoms with Gasteiger partial charge in [0.25, 0.3) is 0 Å². The smallest absolute Gasteiger partial charge is 0.342 e. The summed E-state index contributed by atoms with van der Waals surface area (Å²) >= 11 is 0. The Morgan fingerprint density at radius 2 is 1.86 bits per heavy atom. The number of esters is 1. The van der Waals surface area contributed by atoms with Crippen LogP contribution in [-0.4, -0.2) is 31.6 Å². The Bertz CT molecular complexity index is 773. The molecule has 0 aliphatic carbocycles. The summed E-state index contributed by atoms with van der Waals surface area (Å²) < 4.78 is 23.9. The lowest BCUT2D eigenvalue weighted by Crippen LogP contribution is -2.44. The molecule has 3 aliphatic rings. The quantitative estimate of drug-likeness (QED) is 0.614. The fourth-order valence-corrected chi connectivity index (χ4v) is 5.23. The normalized spacial score (nSPS) is 32.6. The van der Waals surface area contributed by atoms with Crippen LogP contribution in [0.2, 0.25) is 0 Å². The molecule has 3 heterocycles. The van der Waals surface area contributed by atoms with Gasteiger partial charge in [-0.2, -0.15) is 0 Å². The number of rotatable bonds is 1. The maximum Gasteiger partial charge on any atom is 0.342 e. The van der Waals surface area contributed by atoms with Gasteiger partial charge in [-0.25, -0.2) is 4.79 Å². The highest BCUT2D eigenvalue weighted by molar-refractivity contribution is 5.95. The molecule has 0 saturated carbocycles. The Labute approximate surface area is 174 Å². The van der Waals surface area contributed by atoms with Crippen LogP contribution in [0, 0.1) is 11.8 Å². The molecule has 1 aromatic carbocycles. The van der Waals surface area contributed by atoms with Crippen LogP contribution in [-0.2, 0) is 22.3 Å². The molecule has 5 nitrogen and oxygen atoms in total. The predicted molar refractivity (Wildman–Crippen MR) is 111 cm³/mol. The van der Waals surface area contributed by atoms with Gasteiger partial charge in [0.2, 0.25) is 5.79 Å². The first-order chi connectivity index (χ1) is 13.9. The first-order valence-electron chi connectivity index (χ1n) is 11.2. The van der Waals surface area contributed by atoms with E-state index in [1.165, 1.54) is 19.3 Å². The van der Waals surface area contributed by atoms with Gasteiger partial charge in [0.15, 0.2) is 0 Å². The average Bonchev–Trinajstić information content (AvgIpc) is 2.97. The summed E-state index contributed by atoms with van der Waals surface area (Å²) in [5, 5.41) is 0. The molecule has 0 bridgehead atoms. The van der Waals surface area contributed by atoms with Gasteiger partial charge < -0.3 is 18.9 Å². The molecular formula is C24H34O5. The Kier molecular flexibility index (Phi) is 5.78. The van der Waals surface area contributed by atoms with Crippen molar-refractivity contribution in [2.75, 3.05) is 13.7 Å². The van der Waals surface area contributed by atoms with Gasteiger partial charge in [-0.15, -0.1) is 0 Å². The molecular weight excluding hydrogens is 368 g/mol. The number of cyclic esters (lactones) is 1. The number of carbonyl (C=O) groups excluding carboxylic acids is 1. The van der Waals surface area contributed by atoms with E-state index in [-0.39, 0.29) is 18.0 Å². The van der Waals surface area contributed by atoms with E-state index in [9.17, 15) is 4.79 Å². The molecule has 0 aromatic heterocycles. The minimum absolute atomic E-state index is 0.0849. The van der Waals surface area contributed by atoms with E-state index < -0.39 is 5.79 Å². The summed E-state index contributed by atoms with van der Waals surface area (Å²) in [6, 6.07) is 1.86. The van der Waals surface area contributed by atoms with E-state index in [2.05, 4.69) is 6.92 Å². The van der Waals surface area contributed by atoms with Crippen molar-refractivity contribution < 1.29 is 23.7 Å². The molecule has 0 N–H and O–H groups in total. The van der Waals surface area contributed by atoms with E-state index in [4.69, 9.17) is 18.9 Å². The third-order valence-corrected chi connectivity index (χ3v) is 6.97. The number of hydrogen-bond donors (Lipinski definition) is 0. The number of methoxy groups -OCH3 is 1. The first kappa shape index (κ1) is 20.5. The zero-order chi connectivity index (χ0) is 20.6. The number of fused-ring (bicyclic) bond motifs is 4. The van der Waals surface area contributed by atoms with Crippen molar-refractivity contribution in [3.63, 3.8) is 0 Å². The van der Waals surface area contributed by atoms with Gasteiger partial charge in [0.1, 0.15) is 17.1 Å². The first-order valence-corrected chi connectivity index (χ1v) is 11.2. The van der Waals surface area contributed by atoms with Gasteiger partial charge in [0.05, 0.1) is 19.8 Å². The summed E-state index contributed by atoms with van der Waals surface area (Å²) in [5.74, 6) is 1.17. The van der Waals surface area contributed by atoms with Crippen LogP contribution in [0.1, 0.15) is 80.8 Å². The number of ether oxygens (including phenoxy) is 4. The van der Waals surface area contributed by atoms with E-state index >= 15 is 0 Å². The monoisotopic (exact) mass is 402 g/mol. The highest BCUT2D eigenvalue weighted by atomic mass is 16.7. The van der Waals surface area contributed by atoms with Crippen molar-refractivity contribution >= 4 is 5.97 Å². The summed E-state index contributed by atoms with van der Waals surface area (Å²) in [7, 11) is 1.61. The molecule has 0 radical (unpaired) electrons. The lowest BCUT2D eigenvalue weighted by atomic mass is 9.79. The minimum Gasteiger partial charge on any atom is -0.496 e. The number of carbonyl (C=O) groups is 1. The maximum atomic E-state index is 13.2. The Hall–Kier alpha value is -1.75. The maximum absolute atomic E-state index is 13.2. The van der Waals surface area contributed by atoms with Gasteiger partial charge >= 0.3 is 5.97 Å². The van der Waals surface area contributed by atoms with Crippen LogP contribution in [0.4, 0.5) is 0 Å². The Balaban J connectivity index is 1.79. The van der Waals surface area contributed by atoms with Gasteiger partial charge in [-0.05, 0) is 56.1 Å². The van der Waals surface area contributed by atoms with E-state index in [0.29, 0.717) is 23.8 Å². The SMILES string of the molecule is COc1cc2c(c3c1C(=O)O[C@H](C)CCCCCCC3)C[C@H]1[C@H](C)CO[C@@]1(C)O2. The zero-order valence-electron chi connectivity index (χ0n) is 18.2. The van der Waals surface area contributed by atoms with Crippen molar-refractivity contribution in [2.45, 2.75) is 84.0 Å². The number of hydrogen-bond acceptors (Lipinski definition) is 5. The minimum atomic E-state index is -0.605. The lowest BCUT2D eigenvalue weighted by Gasteiger charge is -2.39. The van der Waals surface area contributed by atoms with Crippen molar-refractivity contribution in [1.29, 1.82) is 0 Å². The Morgan fingerprint density at radius 1 is 1.10 bits per heavy atom. The van der Waals surface area contributed by atoms with E-state index in [0.717, 1.165) is 49.0 Å². The lowest BCUT2D eigenvalue weighted by molar-refractivity contribution is -0.166. The molecule has 1 aromatic rings. The summed E-state index contributed by atoms with van der Waals surface area (Å²) in [5.41, 5.74) is 2.79. The average molecular weight is 403 g/mol. The second kappa shape index (κ2) is 8.17. The fourth-order valence-electron chi connectivity index (χ4n) is 5.23. The van der Waals surface area contributed by atoms with Crippen molar-refractivity contribution in [3.05, 3.63) is 22.8 Å². The molecule has 29 heavy (non-hydrogen) atoms. The standard InChI is InChI=1S/C24H34O5/c1-15-14-27-24(3)19(15)12-18-17-11-9-7-5-6-8-10-16(2)28-23(25)22(17)21(26-4)13-20(18)29-24/h13,15-16,19H,5-12,14H2,1-4H3/t15-,16-,19+,24+/m1/s1. The fraction of sp³-hybridized carbons (Fsp3) is 0.708. The van der Waals surface area contributed by atoms with E-state index in [1.54, 1.807) is 7.11 Å². The molecule has 1 fully saturated rings. The van der Waals surface area contributed by atoms with Crippen LogP contribution >= 0.6 is 0 Å². The topological polar surface area (TPSA) is 54.0 Å². The molecule has 160 valence electrons. The molecule has 0 spiro atoms. The summed E-state index contributed by atoms with van der Waals surface area (Å²) in [6.45, 7) is 6.94. The van der Waals surface area contributed by atoms with Crippen LogP contribution in [0.25, 0.3) is 0 Å². The van der Waals surface area contributed by atoms with Crippen molar-refractivity contribution in [1.82, 2.24) is 0 Å². The third-order valence-electron chi connectivity index (χ3n) is 6.97. The highest BCUT2D eigenvalue weighted by Gasteiger charge is 2.50. The highest BCUT2D eigenvalue weighted by Crippen LogP contribution is 2.49. The zero-order valence-corrected chi connectivity index (χ0v) is 18.2. The molecule has 0 unspecified atom stereocenters. The van der Waals surface area contributed by atoms with Crippen molar-refractivity contribution in [2.24, 2.45) is 11.8 Å². The van der Waals surface area contributed by atoms with Crippen molar-refractivity contribution in [3.8, 4) is 11.5 Å². The predicted octanol–water partition coefficient (Wildman–Crippen LogP) is 5.07. The molecule has 5 heteroatoms. The number of benzene rings is 1. The second-order valence-electron chi connectivity index (χ2n) is 9.15. The second-order valence-corrected chi connectivity index (χ2v) is 9.15. The summed E-state index contributed by atoms with van der Waals surface area (Å²) in [4.78, 5) is 13.2. The third kappa shape index (κ3) is 3.86. The largest absolute Gasteiger partial charge is 0.496 e. The molecule has 3 aliphatic heterocycles. The van der Waals surface area contributed by atoms with Gasteiger partial charge in [-0.3, -0.25) is 0 Å². The van der Waals surface area contributed by atoms with Crippen LogP contribution in [0.3, 0.4) is 0 Å². The van der Waals surface area contributed by atoms with Gasteiger partial charge in [-0.1, -0.05) is 26.2 Å². The molecule has 1 saturated heterocycles. The molecule has 4 atom stereocenters. The van der Waals surface area contributed by atoms with Gasteiger partial charge in [0, 0.05) is 18.9 Å². The van der Waals surface area contributed by atoms with E-state index in [1.807, 2.05) is 19.9 Å². The molecule has 4 rings (SSSR count).